The standard InChI is InChI=1S/C15H33N5O3S/c1-7-16-14(18-12-13(21)19-15(3,4)5)17-10-9-11-20(6)24(22,23)8-2/h7-12H2,1-6H3,(H,19,21)(H2,16,17,18). The number of hydrogen-bond acceptors (Lipinski definition) is 4. The molecule has 0 spiro atoms. The molecule has 0 aliphatic heterocycles. The zero-order chi connectivity index (χ0) is 18.8. The summed E-state index contributed by atoms with van der Waals surface area (Å²) in [4.78, 5) is 16.0. The summed E-state index contributed by atoms with van der Waals surface area (Å²) in [5, 5.41) is 9.01. The third-order valence-corrected chi connectivity index (χ3v) is 4.88. The van der Waals surface area contributed by atoms with Crippen molar-refractivity contribution >= 4 is 21.9 Å². The predicted molar refractivity (Wildman–Crippen MR) is 98.6 cm³/mol. The van der Waals surface area contributed by atoms with Gasteiger partial charge in [0, 0.05) is 32.2 Å². The highest BCUT2D eigenvalue weighted by molar-refractivity contribution is 7.89. The molecule has 9 heteroatoms. The van der Waals surface area contributed by atoms with Gasteiger partial charge < -0.3 is 16.0 Å². The molecule has 0 saturated heterocycles. The number of amides is 1. The van der Waals surface area contributed by atoms with Crippen molar-refractivity contribution in [2.75, 3.05) is 39.0 Å². The van der Waals surface area contributed by atoms with E-state index in [1.54, 1.807) is 14.0 Å². The van der Waals surface area contributed by atoms with E-state index in [-0.39, 0.29) is 23.7 Å². The lowest BCUT2D eigenvalue weighted by molar-refractivity contribution is -0.121. The zero-order valence-corrected chi connectivity index (χ0v) is 16.6. The van der Waals surface area contributed by atoms with E-state index in [1.807, 2.05) is 27.7 Å². The highest BCUT2D eigenvalue weighted by atomic mass is 32.2. The Morgan fingerprint density at radius 3 is 2.29 bits per heavy atom. The first-order chi connectivity index (χ1) is 11.0. The van der Waals surface area contributed by atoms with Crippen LogP contribution in [0.1, 0.15) is 41.0 Å². The van der Waals surface area contributed by atoms with Crippen molar-refractivity contribution in [2.24, 2.45) is 4.99 Å². The summed E-state index contributed by atoms with van der Waals surface area (Å²) >= 11 is 0. The van der Waals surface area contributed by atoms with Crippen LogP contribution in [0.25, 0.3) is 0 Å². The van der Waals surface area contributed by atoms with Crippen LogP contribution in [0.3, 0.4) is 0 Å². The van der Waals surface area contributed by atoms with Crippen LogP contribution in [0, 0.1) is 0 Å². The second kappa shape index (κ2) is 10.5. The molecule has 0 heterocycles. The maximum atomic E-state index is 11.8. The number of aliphatic imine (C=N–C) groups is 1. The number of rotatable bonds is 9. The van der Waals surface area contributed by atoms with Crippen LogP contribution >= 0.6 is 0 Å². The number of guanidine groups is 1. The Hall–Kier alpha value is -1.35. The predicted octanol–water partition coefficient (Wildman–Crippen LogP) is 0.128. The van der Waals surface area contributed by atoms with Gasteiger partial charge in [-0.3, -0.25) is 4.79 Å². The lowest BCUT2D eigenvalue weighted by atomic mass is 10.1. The van der Waals surface area contributed by atoms with Crippen LogP contribution in [0.5, 0.6) is 0 Å². The molecule has 0 aliphatic rings. The van der Waals surface area contributed by atoms with Crippen LogP contribution in [-0.2, 0) is 14.8 Å². The first-order valence-electron chi connectivity index (χ1n) is 8.29. The number of sulfonamides is 1. The Balaban J connectivity index is 4.34. The van der Waals surface area contributed by atoms with Gasteiger partial charge >= 0.3 is 0 Å². The van der Waals surface area contributed by atoms with E-state index >= 15 is 0 Å². The van der Waals surface area contributed by atoms with E-state index in [1.165, 1.54) is 4.31 Å². The van der Waals surface area contributed by atoms with Gasteiger partial charge in [-0.2, -0.15) is 0 Å². The summed E-state index contributed by atoms with van der Waals surface area (Å²) in [6.45, 7) is 11.0. The van der Waals surface area contributed by atoms with Crippen molar-refractivity contribution < 1.29 is 13.2 Å². The summed E-state index contributed by atoms with van der Waals surface area (Å²) in [7, 11) is -1.56. The third kappa shape index (κ3) is 10.4. The summed E-state index contributed by atoms with van der Waals surface area (Å²) in [6.07, 6.45) is 0.647. The van der Waals surface area contributed by atoms with Gasteiger partial charge in [-0.1, -0.05) is 0 Å². The molecular formula is C15H33N5O3S. The SMILES string of the molecule is CCNC(=NCC(=O)NC(C)(C)C)NCCCN(C)S(=O)(=O)CC. The van der Waals surface area contributed by atoms with E-state index < -0.39 is 10.0 Å². The summed E-state index contributed by atoms with van der Waals surface area (Å²) in [5.74, 6) is 0.500. The van der Waals surface area contributed by atoms with Crippen LogP contribution in [-0.4, -0.2) is 69.1 Å². The molecule has 0 bridgehead atoms. The molecule has 0 atom stereocenters. The molecule has 0 rings (SSSR count). The van der Waals surface area contributed by atoms with Gasteiger partial charge in [0.2, 0.25) is 15.9 Å². The summed E-state index contributed by atoms with van der Waals surface area (Å²) in [5.41, 5.74) is -0.284. The molecule has 0 saturated carbocycles. The highest BCUT2D eigenvalue weighted by Gasteiger charge is 2.14. The van der Waals surface area contributed by atoms with Gasteiger partial charge in [0.25, 0.3) is 0 Å². The monoisotopic (exact) mass is 363 g/mol. The maximum absolute atomic E-state index is 11.8. The molecule has 0 fully saturated rings. The quantitative estimate of drug-likeness (QED) is 0.307. The van der Waals surface area contributed by atoms with Gasteiger partial charge in [-0.05, 0) is 41.0 Å². The number of hydrogen-bond donors (Lipinski definition) is 3. The average molecular weight is 364 g/mol. The molecule has 0 aromatic rings. The highest BCUT2D eigenvalue weighted by Crippen LogP contribution is 1.99. The summed E-state index contributed by atoms with van der Waals surface area (Å²) < 4.78 is 24.6. The molecule has 0 aromatic heterocycles. The topological polar surface area (TPSA) is 103 Å². The number of nitrogens with zero attached hydrogens (tertiary/aromatic N) is 2. The van der Waals surface area contributed by atoms with Crippen molar-refractivity contribution in [1.29, 1.82) is 0 Å². The van der Waals surface area contributed by atoms with Crippen molar-refractivity contribution in [2.45, 2.75) is 46.6 Å². The van der Waals surface area contributed by atoms with Crippen molar-refractivity contribution in [3.63, 3.8) is 0 Å². The second-order valence-electron chi connectivity index (χ2n) is 6.50. The molecule has 0 radical (unpaired) electrons. The van der Waals surface area contributed by atoms with Crippen molar-refractivity contribution in [1.82, 2.24) is 20.3 Å². The van der Waals surface area contributed by atoms with Gasteiger partial charge in [-0.25, -0.2) is 17.7 Å². The number of carbonyl (C=O) groups is 1. The van der Waals surface area contributed by atoms with E-state index in [9.17, 15) is 13.2 Å². The smallest absolute Gasteiger partial charge is 0.242 e. The van der Waals surface area contributed by atoms with Crippen LogP contribution in [0.15, 0.2) is 4.99 Å². The van der Waals surface area contributed by atoms with Crippen LogP contribution in [0.4, 0.5) is 0 Å². The van der Waals surface area contributed by atoms with Crippen molar-refractivity contribution in [3.8, 4) is 0 Å². The lowest BCUT2D eigenvalue weighted by Gasteiger charge is -2.20. The molecule has 24 heavy (non-hydrogen) atoms. The number of nitrogens with one attached hydrogen (secondary N) is 3. The first-order valence-corrected chi connectivity index (χ1v) is 9.90. The molecule has 3 N–H and O–H groups in total. The molecule has 142 valence electrons. The van der Waals surface area contributed by atoms with Gasteiger partial charge in [0.15, 0.2) is 5.96 Å². The number of carbonyl (C=O) groups excluding carboxylic acids is 1. The Labute approximate surface area is 146 Å². The Morgan fingerprint density at radius 1 is 1.17 bits per heavy atom. The largest absolute Gasteiger partial charge is 0.357 e. The van der Waals surface area contributed by atoms with E-state index in [4.69, 9.17) is 0 Å². The minimum Gasteiger partial charge on any atom is -0.357 e. The van der Waals surface area contributed by atoms with Gasteiger partial charge in [-0.15, -0.1) is 0 Å². The fraction of sp³-hybridized carbons (Fsp3) is 0.867. The molecule has 1 amide bonds. The average Bonchev–Trinajstić information content (AvgIpc) is 2.46. The lowest BCUT2D eigenvalue weighted by Crippen LogP contribution is -2.43. The molecule has 0 unspecified atom stereocenters. The van der Waals surface area contributed by atoms with Crippen LogP contribution < -0.4 is 16.0 Å². The normalized spacial score (nSPS) is 13.0. The van der Waals surface area contributed by atoms with Crippen LogP contribution in [0.2, 0.25) is 0 Å². The Morgan fingerprint density at radius 2 is 1.79 bits per heavy atom. The molecule has 0 aromatic carbocycles. The van der Waals surface area contributed by atoms with E-state index in [0.29, 0.717) is 32.0 Å². The molecule has 0 aliphatic carbocycles. The fourth-order valence-electron chi connectivity index (χ4n) is 1.82. The Kier molecular flexibility index (Phi) is 9.91. The van der Waals surface area contributed by atoms with Crippen molar-refractivity contribution in [3.05, 3.63) is 0 Å². The van der Waals surface area contributed by atoms with Gasteiger partial charge in [0.1, 0.15) is 6.54 Å². The minimum absolute atomic E-state index is 0.0384. The first kappa shape index (κ1) is 22.6. The zero-order valence-electron chi connectivity index (χ0n) is 15.8. The maximum Gasteiger partial charge on any atom is 0.242 e. The molecule has 8 nitrogen and oxygen atoms in total. The minimum atomic E-state index is -3.14. The van der Waals surface area contributed by atoms with E-state index in [2.05, 4.69) is 20.9 Å². The van der Waals surface area contributed by atoms with Gasteiger partial charge in [0.05, 0.1) is 5.75 Å². The second-order valence-corrected chi connectivity index (χ2v) is 8.86. The fourth-order valence-corrected chi connectivity index (χ4v) is 2.67. The molecular weight excluding hydrogens is 330 g/mol. The van der Waals surface area contributed by atoms with E-state index in [0.717, 1.165) is 0 Å². The Bertz CT molecular complexity index is 512. The summed E-state index contributed by atoms with van der Waals surface area (Å²) in [6, 6.07) is 0. The third-order valence-electron chi connectivity index (χ3n) is 3.02.